The molecule has 0 unspecified atom stereocenters. The Morgan fingerprint density at radius 3 is 2.50 bits per heavy atom. The van der Waals surface area contributed by atoms with Crippen molar-refractivity contribution in [2.45, 2.75) is 5.92 Å². The lowest BCUT2D eigenvalue weighted by molar-refractivity contribution is -0.166. The van der Waals surface area contributed by atoms with Crippen LogP contribution < -0.4 is 4.74 Å². The molecule has 0 aliphatic rings. The maximum absolute atomic E-state index is 13.2. The van der Waals surface area contributed by atoms with Gasteiger partial charge in [0.25, 0.3) is 0 Å². The highest BCUT2D eigenvalue weighted by molar-refractivity contribution is 9.10. The standard InChI is InChI=1S/C9H7BrF2O4/c1-16-7-2-4(5(10)3-6(7)13)9(11,12)8(14)15/h2-3,13H,1H3,(H,14,15). The van der Waals surface area contributed by atoms with Gasteiger partial charge >= 0.3 is 11.9 Å². The van der Waals surface area contributed by atoms with Gasteiger partial charge in [-0.2, -0.15) is 8.78 Å². The highest BCUT2D eigenvalue weighted by atomic mass is 79.9. The number of alkyl halides is 2. The highest BCUT2D eigenvalue weighted by Gasteiger charge is 2.43. The first-order chi connectivity index (χ1) is 7.30. The van der Waals surface area contributed by atoms with Crippen LogP contribution in [0.3, 0.4) is 0 Å². The molecule has 0 aliphatic carbocycles. The Kier molecular flexibility index (Phi) is 3.37. The van der Waals surface area contributed by atoms with Crippen LogP contribution in [0.4, 0.5) is 8.78 Å². The molecule has 0 bridgehead atoms. The minimum absolute atomic E-state index is 0.210. The molecule has 4 nitrogen and oxygen atoms in total. The average Bonchev–Trinajstić information content (AvgIpc) is 2.17. The second kappa shape index (κ2) is 4.25. The van der Waals surface area contributed by atoms with Crippen molar-refractivity contribution in [3.63, 3.8) is 0 Å². The van der Waals surface area contributed by atoms with E-state index in [9.17, 15) is 18.7 Å². The molecule has 0 heterocycles. The third-order valence-electron chi connectivity index (χ3n) is 1.88. The predicted molar refractivity (Wildman–Crippen MR) is 53.9 cm³/mol. The maximum Gasteiger partial charge on any atom is 0.379 e. The Hall–Kier alpha value is -1.37. The van der Waals surface area contributed by atoms with Crippen LogP contribution in [0.25, 0.3) is 0 Å². The zero-order valence-corrected chi connectivity index (χ0v) is 9.59. The SMILES string of the molecule is COc1cc(C(F)(F)C(=O)O)c(Br)cc1O. The van der Waals surface area contributed by atoms with Gasteiger partial charge in [-0.15, -0.1) is 0 Å². The van der Waals surface area contributed by atoms with Gasteiger partial charge in [-0.3, -0.25) is 0 Å². The number of hydrogen-bond acceptors (Lipinski definition) is 3. The first kappa shape index (κ1) is 12.7. The van der Waals surface area contributed by atoms with Crippen LogP contribution in [0.5, 0.6) is 11.5 Å². The van der Waals surface area contributed by atoms with E-state index in [0.717, 1.165) is 12.1 Å². The van der Waals surface area contributed by atoms with Crippen molar-refractivity contribution in [3.05, 3.63) is 22.2 Å². The second-order valence-corrected chi connectivity index (χ2v) is 3.74. The molecule has 2 N–H and O–H groups in total. The lowest BCUT2D eigenvalue weighted by atomic mass is 10.1. The molecule has 0 saturated carbocycles. The van der Waals surface area contributed by atoms with E-state index in [0.29, 0.717) is 0 Å². The molecule has 88 valence electrons. The summed E-state index contributed by atoms with van der Waals surface area (Å²) in [5, 5.41) is 17.7. The number of phenols is 1. The van der Waals surface area contributed by atoms with Crippen LogP contribution in [-0.2, 0) is 10.7 Å². The van der Waals surface area contributed by atoms with Crippen molar-refractivity contribution in [1.29, 1.82) is 0 Å². The van der Waals surface area contributed by atoms with Gasteiger partial charge < -0.3 is 14.9 Å². The number of ether oxygens (including phenoxy) is 1. The molecule has 16 heavy (non-hydrogen) atoms. The predicted octanol–water partition coefficient (Wildman–Crippen LogP) is 2.34. The van der Waals surface area contributed by atoms with E-state index in [4.69, 9.17) is 5.11 Å². The summed E-state index contributed by atoms with van der Waals surface area (Å²) in [6, 6.07) is 1.72. The molecule has 1 rings (SSSR count). The Morgan fingerprint density at radius 2 is 2.06 bits per heavy atom. The number of carboxylic acids is 1. The fraction of sp³-hybridized carbons (Fsp3) is 0.222. The van der Waals surface area contributed by atoms with Crippen LogP contribution in [0.2, 0.25) is 0 Å². The zero-order valence-electron chi connectivity index (χ0n) is 8.00. The van der Waals surface area contributed by atoms with Gasteiger partial charge in [0.05, 0.1) is 12.7 Å². The van der Waals surface area contributed by atoms with E-state index < -0.39 is 17.5 Å². The molecule has 0 aliphatic heterocycles. The number of benzene rings is 1. The number of carbonyl (C=O) groups is 1. The Balaban J connectivity index is 3.40. The normalized spacial score (nSPS) is 11.2. The first-order valence-corrected chi connectivity index (χ1v) is 4.78. The van der Waals surface area contributed by atoms with Crippen molar-refractivity contribution in [2.75, 3.05) is 7.11 Å². The van der Waals surface area contributed by atoms with E-state index in [-0.39, 0.29) is 16.0 Å². The van der Waals surface area contributed by atoms with Gasteiger partial charge in [0.1, 0.15) is 0 Å². The average molecular weight is 297 g/mol. The summed E-state index contributed by atoms with van der Waals surface area (Å²) >= 11 is 2.76. The van der Waals surface area contributed by atoms with Gasteiger partial charge in [0.15, 0.2) is 11.5 Å². The number of methoxy groups -OCH3 is 1. The minimum atomic E-state index is -4.06. The largest absolute Gasteiger partial charge is 0.504 e. The molecule has 0 atom stereocenters. The van der Waals surface area contributed by atoms with Crippen molar-refractivity contribution < 1.29 is 28.5 Å². The minimum Gasteiger partial charge on any atom is -0.504 e. The van der Waals surface area contributed by atoms with Gasteiger partial charge in [-0.25, -0.2) is 4.79 Å². The number of carboxylic acid groups (broad SMARTS) is 1. The Labute approximate surface area is 97.6 Å². The van der Waals surface area contributed by atoms with Crippen molar-refractivity contribution >= 4 is 21.9 Å². The molecular weight excluding hydrogens is 290 g/mol. The number of rotatable bonds is 3. The van der Waals surface area contributed by atoms with E-state index in [1.807, 2.05) is 0 Å². The number of aliphatic carboxylic acids is 1. The van der Waals surface area contributed by atoms with Gasteiger partial charge in [0.2, 0.25) is 0 Å². The van der Waals surface area contributed by atoms with E-state index in [1.165, 1.54) is 7.11 Å². The lowest BCUT2D eigenvalue weighted by Crippen LogP contribution is -2.25. The Bertz CT molecular complexity index is 434. The summed E-state index contributed by atoms with van der Waals surface area (Å²) < 4.78 is 30.8. The van der Waals surface area contributed by atoms with Crippen LogP contribution in [0, 0.1) is 0 Å². The molecule has 0 aromatic heterocycles. The molecule has 0 radical (unpaired) electrons. The summed E-state index contributed by atoms with van der Waals surface area (Å²) in [6.45, 7) is 0. The quantitative estimate of drug-likeness (QED) is 0.898. The monoisotopic (exact) mass is 296 g/mol. The first-order valence-electron chi connectivity index (χ1n) is 3.99. The fourth-order valence-corrected chi connectivity index (χ4v) is 1.64. The highest BCUT2D eigenvalue weighted by Crippen LogP contribution is 2.40. The number of halogens is 3. The number of aromatic hydroxyl groups is 1. The molecular formula is C9H7BrF2O4. The van der Waals surface area contributed by atoms with E-state index in [2.05, 4.69) is 20.7 Å². The zero-order chi connectivity index (χ0) is 12.5. The summed E-state index contributed by atoms with van der Waals surface area (Å²) in [5.41, 5.74) is -0.783. The summed E-state index contributed by atoms with van der Waals surface area (Å²) in [7, 11) is 1.17. The van der Waals surface area contributed by atoms with E-state index >= 15 is 0 Å². The Morgan fingerprint density at radius 1 is 1.50 bits per heavy atom. The van der Waals surface area contributed by atoms with Crippen molar-refractivity contribution in [2.24, 2.45) is 0 Å². The van der Waals surface area contributed by atoms with Crippen molar-refractivity contribution in [3.8, 4) is 11.5 Å². The molecule has 0 amide bonds. The van der Waals surface area contributed by atoms with Gasteiger partial charge in [-0.05, 0) is 12.1 Å². The fourth-order valence-electron chi connectivity index (χ4n) is 1.06. The summed E-state index contributed by atoms with van der Waals surface area (Å²) in [4.78, 5) is 10.4. The smallest absolute Gasteiger partial charge is 0.379 e. The topological polar surface area (TPSA) is 66.8 Å². The molecule has 0 fully saturated rings. The summed E-state index contributed by atoms with van der Waals surface area (Å²) in [6.07, 6.45) is 0. The molecule has 0 saturated heterocycles. The molecule has 0 spiro atoms. The molecule has 1 aromatic carbocycles. The number of hydrogen-bond donors (Lipinski definition) is 2. The number of phenolic OH excluding ortho intramolecular Hbond substituents is 1. The second-order valence-electron chi connectivity index (χ2n) is 2.88. The van der Waals surface area contributed by atoms with Crippen molar-refractivity contribution in [1.82, 2.24) is 0 Å². The molecule has 7 heteroatoms. The van der Waals surface area contributed by atoms with Gasteiger partial charge in [-0.1, -0.05) is 15.9 Å². The van der Waals surface area contributed by atoms with Crippen LogP contribution in [0.1, 0.15) is 5.56 Å². The maximum atomic E-state index is 13.2. The molecule has 1 aromatic rings. The lowest BCUT2D eigenvalue weighted by Gasteiger charge is -2.15. The van der Waals surface area contributed by atoms with Gasteiger partial charge in [0, 0.05) is 4.47 Å². The van der Waals surface area contributed by atoms with Crippen LogP contribution in [0.15, 0.2) is 16.6 Å². The van der Waals surface area contributed by atoms with Crippen LogP contribution in [-0.4, -0.2) is 23.3 Å². The third kappa shape index (κ3) is 2.08. The summed E-state index contributed by atoms with van der Waals surface area (Å²) in [5.74, 6) is -6.92. The van der Waals surface area contributed by atoms with Crippen LogP contribution >= 0.6 is 15.9 Å². The third-order valence-corrected chi connectivity index (χ3v) is 2.53. The van der Waals surface area contributed by atoms with E-state index in [1.54, 1.807) is 0 Å².